The molecule has 0 bridgehead atoms. The molecule has 0 unspecified atom stereocenters. The van der Waals surface area contributed by atoms with Crippen LogP contribution in [0.1, 0.15) is 11.7 Å². The van der Waals surface area contributed by atoms with Crippen molar-refractivity contribution in [1.82, 2.24) is 15.1 Å². The first kappa shape index (κ1) is 10.1. The van der Waals surface area contributed by atoms with Gasteiger partial charge < -0.3 is 9.84 Å². The molecular weight excluding hydrogens is 260 g/mol. The number of hydrogen-bond donors (Lipinski definition) is 1. The molecule has 5 nitrogen and oxygen atoms in total. The van der Waals surface area contributed by atoms with E-state index in [0.29, 0.717) is 18.3 Å². The largest absolute Gasteiger partial charge is 0.363 e. The third-order valence-corrected chi connectivity index (χ3v) is 2.19. The smallest absolute Gasteiger partial charge is 0.223 e. The molecule has 2 rings (SSSR count). The van der Waals surface area contributed by atoms with Crippen molar-refractivity contribution in [3.8, 4) is 0 Å². The molecule has 1 N–H and O–H groups in total. The average molecular weight is 269 g/mol. The molecule has 78 valence electrons. The van der Waals surface area contributed by atoms with Crippen molar-refractivity contribution in [2.45, 2.75) is 13.5 Å². The van der Waals surface area contributed by atoms with Crippen molar-refractivity contribution in [2.24, 2.45) is 0 Å². The van der Waals surface area contributed by atoms with Crippen molar-refractivity contribution >= 4 is 21.7 Å². The van der Waals surface area contributed by atoms with Gasteiger partial charge in [-0.1, -0.05) is 5.16 Å². The highest BCUT2D eigenvalue weighted by molar-refractivity contribution is 9.10. The molecule has 0 radical (unpaired) electrons. The van der Waals surface area contributed by atoms with Crippen molar-refractivity contribution < 1.29 is 4.52 Å². The molecule has 0 aliphatic heterocycles. The van der Waals surface area contributed by atoms with Gasteiger partial charge in [-0.15, -0.1) is 0 Å². The molecule has 0 amide bonds. The van der Waals surface area contributed by atoms with Gasteiger partial charge in [-0.25, -0.2) is 4.98 Å². The van der Waals surface area contributed by atoms with Gasteiger partial charge in [0.1, 0.15) is 5.82 Å². The minimum Gasteiger partial charge on any atom is -0.363 e. The maximum atomic E-state index is 4.84. The van der Waals surface area contributed by atoms with Crippen LogP contribution in [-0.4, -0.2) is 15.1 Å². The van der Waals surface area contributed by atoms with Crippen LogP contribution >= 0.6 is 15.9 Å². The maximum absolute atomic E-state index is 4.84. The third kappa shape index (κ3) is 2.76. The molecule has 0 aliphatic carbocycles. The first-order valence-corrected chi connectivity index (χ1v) is 5.18. The molecule has 0 atom stereocenters. The van der Waals surface area contributed by atoms with Crippen molar-refractivity contribution in [2.75, 3.05) is 5.32 Å². The lowest BCUT2D eigenvalue weighted by molar-refractivity contribution is 0.388. The molecule has 0 fully saturated rings. The number of halogens is 1. The fourth-order valence-corrected chi connectivity index (χ4v) is 1.30. The number of pyridine rings is 1. The van der Waals surface area contributed by atoms with E-state index >= 15 is 0 Å². The molecule has 0 spiro atoms. The Hall–Kier alpha value is -1.43. The Morgan fingerprint density at radius 3 is 2.93 bits per heavy atom. The Kier molecular flexibility index (Phi) is 2.96. The van der Waals surface area contributed by atoms with Crippen LogP contribution in [0, 0.1) is 6.92 Å². The summed E-state index contributed by atoms with van der Waals surface area (Å²) in [4.78, 5) is 8.22. The van der Waals surface area contributed by atoms with Crippen LogP contribution in [0.4, 0.5) is 5.82 Å². The van der Waals surface area contributed by atoms with Crippen molar-refractivity contribution in [1.29, 1.82) is 0 Å². The Labute approximate surface area is 95.0 Å². The fraction of sp³-hybridized carbons (Fsp3) is 0.222. The summed E-state index contributed by atoms with van der Waals surface area (Å²) in [6, 6.07) is 3.79. The first-order valence-electron chi connectivity index (χ1n) is 4.38. The number of rotatable bonds is 3. The monoisotopic (exact) mass is 268 g/mol. The standard InChI is InChI=1S/C9H9BrN4O/c1-6-13-9(14-15-6)5-12-8-3-2-7(10)4-11-8/h2-4H,5H2,1H3,(H,11,12). The molecular formula is C9H9BrN4O. The SMILES string of the molecule is Cc1nc(CNc2ccc(Br)cn2)no1. The zero-order valence-electron chi connectivity index (χ0n) is 8.07. The Morgan fingerprint density at radius 2 is 2.33 bits per heavy atom. The van der Waals surface area contributed by atoms with Gasteiger partial charge in [0.25, 0.3) is 0 Å². The number of aryl methyl sites for hydroxylation is 1. The van der Waals surface area contributed by atoms with Gasteiger partial charge in [0, 0.05) is 17.6 Å². The Balaban J connectivity index is 1.96. The van der Waals surface area contributed by atoms with Gasteiger partial charge >= 0.3 is 0 Å². The third-order valence-electron chi connectivity index (χ3n) is 1.72. The van der Waals surface area contributed by atoms with Gasteiger partial charge in [0.05, 0.1) is 6.54 Å². The van der Waals surface area contributed by atoms with Crippen LogP contribution in [0.3, 0.4) is 0 Å². The summed E-state index contributed by atoms with van der Waals surface area (Å²) in [6.07, 6.45) is 1.73. The van der Waals surface area contributed by atoms with E-state index in [-0.39, 0.29) is 0 Å². The summed E-state index contributed by atoms with van der Waals surface area (Å²) in [6.45, 7) is 2.26. The lowest BCUT2D eigenvalue weighted by Gasteiger charge is -2.01. The van der Waals surface area contributed by atoms with E-state index in [1.807, 2.05) is 12.1 Å². The van der Waals surface area contributed by atoms with E-state index < -0.39 is 0 Å². The molecule has 0 aromatic carbocycles. The second-order valence-electron chi connectivity index (χ2n) is 2.94. The molecule has 6 heteroatoms. The summed E-state index contributed by atoms with van der Waals surface area (Å²) >= 11 is 3.31. The number of anilines is 1. The lowest BCUT2D eigenvalue weighted by atomic mass is 10.4. The molecule has 0 saturated carbocycles. The van der Waals surface area contributed by atoms with Crippen LogP contribution in [-0.2, 0) is 6.54 Å². The van der Waals surface area contributed by atoms with Crippen LogP contribution < -0.4 is 5.32 Å². The highest BCUT2D eigenvalue weighted by Gasteiger charge is 2.01. The summed E-state index contributed by atoms with van der Waals surface area (Å²) in [5, 5.41) is 6.85. The Bertz CT molecular complexity index is 440. The summed E-state index contributed by atoms with van der Waals surface area (Å²) in [5.74, 6) is 1.97. The molecule has 0 saturated heterocycles. The second-order valence-corrected chi connectivity index (χ2v) is 3.86. The van der Waals surface area contributed by atoms with E-state index in [0.717, 1.165) is 10.3 Å². The Morgan fingerprint density at radius 1 is 1.47 bits per heavy atom. The van der Waals surface area contributed by atoms with Gasteiger partial charge in [0.15, 0.2) is 5.82 Å². The molecule has 2 aromatic rings. The predicted molar refractivity (Wildman–Crippen MR) is 58.3 cm³/mol. The number of nitrogens with zero attached hydrogens (tertiary/aromatic N) is 3. The van der Waals surface area contributed by atoms with Crippen molar-refractivity contribution in [3.05, 3.63) is 34.5 Å². The highest BCUT2D eigenvalue weighted by atomic mass is 79.9. The van der Waals surface area contributed by atoms with Gasteiger partial charge in [-0.3, -0.25) is 0 Å². The van der Waals surface area contributed by atoms with Crippen LogP contribution in [0.2, 0.25) is 0 Å². The zero-order chi connectivity index (χ0) is 10.7. The van der Waals surface area contributed by atoms with E-state index in [1.165, 1.54) is 0 Å². The minimum atomic E-state index is 0.506. The quantitative estimate of drug-likeness (QED) is 0.924. The fourth-order valence-electron chi connectivity index (χ4n) is 1.06. The highest BCUT2D eigenvalue weighted by Crippen LogP contribution is 2.10. The van der Waals surface area contributed by atoms with Gasteiger partial charge in [-0.05, 0) is 28.1 Å². The molecule has 2 aromatic heterocycles. The molecule has 0 aliphatic rings. The topological polar surface area (TPSA) is 63.8 Å². The van der Waals surface area contributed by atoms with Gasteiger partial charge in [0.2, 0.25) is 5.89 Å². The van der Waals surface area contributed by atoms with E-state index in [4.69, 9.17) is 4.52 Å². The summed E-state index contributed by atoms with van der Waals surface area (Å²) in [5.41, 5.74) is 0. The van der Waals surface area contributed by atoms with Crippen LogP contribution in [0.5, 0.6) is 0 Å². The number of nitrogens with one attached hydrogen (secondary N) is 1. The molecule has 15 heavy (non-hydrogen) atoms. The first-order chi connectivity index (χ1) is 7.24. The maximum Gasteiger partial charge on any atom is 0.223 e. The second kappa shape index (κ2) is 4.39. The van der Waals surface area contributed by atoms with Crippen LogP contribution in [0.15, 0.2) is 27.3 Å². The minimum absolute atomic E-state index is 0.506. The summed E-state index contributed by atoms with van der Waals surface area (Å²) < 4.78 is 5.79. The van der Waals surface area contributed by atoms with Crippen LogP contribution in [0.25, 0.3) is 0 Å². The van der Waals surface area contributed by atoms with Crippen molar-refractivity contribution in [3.63, 3.8) is 0 Å². The molecule has 2 heterocycles. The number of aromatic nitrogens is 3. The normalized spacial score (nSPS) is 10.3. The van der Waals surface area contributed by atoms with E-state index in [1.54, 1.807) is 13.1 Å². The average Bonchev–Trinajstić information content (AvgIpc) is 2.64. The summed E-state index contributed by atoms with van der Waals surface area (Å²) in [7, 11) is 0. The zero-order valence-corrected chi connectivity index (χ0v) is 9.65. The van der Waals surface area contributed by atoms with E-state index in [2.05, 4.69) is 36.4 Å². The lowest BCUT2D eigenvalue weighted by Crippen LogP contribution is -2.02. The van der Waals surface area contributed by atoms with Gasteiger partial charge in [-0.2, -0.15) is 4.98 Å². The predicted octanol–water partition coefficient (Wildman–Crippen LogP) is 2.15. The van der Waals surface area contributed by atoms with E-state index in [9.17, 15) is 0 Å². The number of hydrogen-bond acceptors (Lipinski definition) is 5.